The Hall–Kier alpha value is -1.43. The number of aromatic nitrogens is 4. The van der Waals surface area contributed by atoms with E-state index in [9.17, 15) is 0 Å². The maximum Gasteiger partial charge on any atom is 0.198 e. The minimum Gasteiger partial charge on any atom is -0.425 e. The molecule has 0 aliphatic rings. The second-order valence-electron chi connectivity index (χ2n) is 2.00. The number of H-pyrrole nitrogens is 1. The Kier molecular flexibility index (Phi) is 1.16. The topological polar surface area (TPSA) is 66.7 Å². The van der Waals surface area contributed by atoms with E-state index in [1.165, 1.54) is 12.7 Å². The lowest BCUT2D eigenvalue weighted by Crippen LogP contribution is -1.95. The SMILES string of the molecule is On1cnc(=S)c2[nH]cnc21. The fourth-order valence-electron chi connectivity index (χ4n) is 0.845. The van der Waals surface area contributed by atoms with Gasteiger partial charge < -0.3 is 10.2 Å². The molecule has 0 amide bonds. The van der Waals surface area contributed by atoms with Crippen LogP contribution >= 0.6 is 12.2 Å². The first-order valence-corrected chi connectivity index (χ1v) is 3.30. The van der Waals surface area contributed by atoms with Gasteiger partial charge in [0, 0.05) is 0 Å². The molecule has 0 aromatic carbocycles. The zero-order chi connectivity index (χ0) is 7.84. The van der Waals surface area contributed by atoms with Crippen molar-refractivity contribution < 1.29 is 5.21 Å². The molecule has 11 heavy (non-hydrogen) atoms. The minimum absolute atomic E-state index is 0.394. The van der Waals surface area contributed by atoms with Gasteiger partial charge in [0.15, 0.2) is 10.3 Å². The highest BCUT2D eigenvalue weighted by molar-refractivity contribution is 7.71. The molecule has 0 saturated heterocycles. The van der Waals surface area contributed by atoms with Crippen molar-refractivity contribution in [2.45, 2.75) is 0 Å². The van der Waals surface area contributed by atoms with Crippen LogP contribution in [0.1, 0.15) is 0 Å². The maximum atomic E-state index is 9.11. The van der Waals surface area contributed by atoms with Gasteiger partial charge in [0.1, 0.15) is 11.8 Å². The van der Waals surface area contributed by atoms with E-state index in [0.29, 0.717) is 15.8 Å². The molecule has 6 heteroatoms. The van der Waals surface area contributed by atoms with Gasteiger partial charge in [-0.2, -0.15) is 4.73 Å². The summed E-state index contributed by atoms with van der Waals surface area (Å²) in [6.45, 7) is 0. The molecule has 0 saturated carbocycles. The van der Waals surface area contributed by atoms with E-state index in [1.54, 1.807) is 0 Å². The van der Waals surface area contributed by atoms with E-state index in [0.717, 1.165) is 4.73 Å². The number of hydrogen-bond donors (Lipinski definition) is 2. The van der Waals surface area contributed by atoms with Crippen molar-refractivity contribution in [2.24, 2.45) is 0 Å². The zero-order valence-electron chi connectivity index (χ0n) is 5.35. The molecule has 0 aliphatic carbocycles. The lowest BCUT2D eigenvalue weighted by molar-refractivity contribution is 0.192. The highest BCUT2D eigenvalue weighted by Crippen LogP contribution is 2.05. The van der Waals surface area contributed by atoms with E-state index in [4.69, 9.17) is 17.4 Å². The Morgan fingerprint density at radius 1 is 1.55 bits per heavy atom. The Morgan fingerprint density at radius 2 is 2.36 bits per heavy atom. The predicted octanol–water partition coefficient (Wildman–Crippen LogP) is 0.726. The summed E-state index contributed by atoms with van der Waals surface area (Å²) < 4.78 is 1.23. The predicted molar refractivity (Wildman–Crippen MR) is 39.9 cm³/mol. The average Bonchev–Trinajstić information content (AvgIpc) is 2.45. The molecule has 2 heterocycles. The number of hydrogen-bond acceptors (Lipinski definition) is 4. The summed E-state index contributed by atoms with van der Waals surface area (Å²) in [6.07, 6.45) is 2.67. The molecule has 0 unspecified atom stereocenters. The van der Waals surface area contributed by atoms with E-state index in [1.807, 2.05) is 0 Å². The average molecular weight is 168 g/mol. The van der Waals surface area contributed by atoms with Crippen molar-refractivity contribution in [2.75, 3.05) is 0 Å². The van der Waals surface area contributed by atoms with Crippen LogP contribution in [0.5, 0.6) is 0 Å². The molecule has 2 aromatic heterocycles. The summed E-state index contributed by atoms with van der Waals surface area (Å²) in [5.41, 5.74) is 0.968. The summed E-state index contributed by atoms with van der Waals surface area (Å²) in [6, 6.07) is 0. The Morgan fingerprint density at radius 3 is 3.09 bits per heavy atom. The first-order valence-electron chi connectivity index (χ1n) is 2.89. The van der Waals surface area contributed by atoms with Crippen LogP contribution in [0, 0.1) is 4.64 Å². The summed E-state index contributed by atoms with van der Waals surface area (Å²) >= 11 is 4.86. The van der Waals surface area contributed by atoms with Gasteiger partial charge in [-0.1, -0.05) is 12.2 Å². The third-order valence-electron chi connectivity index (χ3n) is 1.33. The Bertz CT molecular complexity index is 445. The molecule has 0 fully saturated rings. The first-order chi connectivity index (χ1) is 5.29. The molecule has 0 radical (unpaired) electrons. The maximum absolute atomic E-state index is 9.11. The van der Waals surface area contributed by atoms with Crippen LogP contribution in [-0.2, 0) is 0 Å². The van der Waals surface area contributed by atoms with E-state index in [-0.39, 0.29) is 0 Å². The normalized spacial score (nSPS) is 10.5. The lowest BCUT2D eigenvalue weighted by atomic mass is 10.6. The quantitative estimate of drug-likeness (QED) is 0.449. The van der Waals surface area contributed by atoms with Crippen molar-refractivity contribution in [3.05, 3.63) is 17.3 Å². The van der Waals surface area contributed by atoms with Crippen LogP contribution in [0.2, 0.25) is 0 Å². The fraction of sp³-hybridized carbons (Fsp3) is 0. The number of fused-ring (bicyclic) bond motifs is 1. The second kappa shape index (κ2) is 2.03. The van der Waals surface area contributed by atoms with Crippen LogP contribution in [-0.4, -0.2) is 24.9 Å². The van der Waals surface area contributed by atoms with Gasteiger partial charge >= 0.3 is 0 Å². The molecule has 2 N–H and O–H groups in total. The number of aromatic amines is 1. The van der Waals surface area contributed by atoms with Crippen LogP contribution in [0.3, 0.4) is 0 Å². The second-order valence-corrected chi connectivity index (χ2v) is 2.38. The smallest absolute Gasteiger partial charge is 0.198 e. The van der Waals surface area contributed by atoms with Gasteiger partial charge in [-0.25, -0.2) is 9.97 Å². The summed E-state index contributed by atoms with van der Waals surface area (Å²) in [5, 5.41) is 9.11. The van der Waals surface area contributed by atoms with Crippen molar-refractivity contribution in [3.8, 4) is 0 Å². The van der Waals surface area contributed by atoms with Gasteiger partial charge in [-0.15, -0.1) is 0 Å². The van der Waals surface area contributed by atoms with Crippen molar-refractivity contribution in [3.63, 3.8) is 0 Å². The van der Waals surface area contributed by atoms with Crippen molar-refractivity contribution in [1.29, 1.82) is 0 Å². The van der Waals surface area contributed by atoms with Crippen LogP contribution in [0.15, 0.2) is 12.7 Å². The van der Waals surface area contributed by atoms with Crippen LogP contribution in [0.4, 0.5) is 0 Å². The van der Waals surface area contributed by atoms with Gasteiger partial charge in [0.2, 0.25) is 0 Å². The van der Waals surface area contributed by atoms with E-state index in [2.05, 4.69) is 15.0 Å². The molecule has 0 bridgehead atoms. The third kappa shape index (κ3) is 0.795. The molecule has 5 nitrogen and oxygen atoms in total. The van der Waals surface area contributed by atoms with Gasteiger partial charge in [0.05, 0.1) is 6.33 Å². The summed E-state index contributed by atoms with van der Waals surface area (Å²) in [5.74, 6) is 0. The lowest BCUT2D eigenvalue weighted by Gasteiger charge is -1.94. The Labute approximate surface area is 66.3 Å². The molecule has 0 aliphatic heterocycles. The summed E-state index contributed by atoms with van der Waals surface area (Å²) in [4.78, 5) is 10.3. The zero-order valence-corrected chi connectivity index (χ0v) is 6.17. The number of rotatable bonds is 0. The van der Waals surface area contributed by atoms with E-state index >= 15 is 0 Å². The number of nitrogens with one attached hydrogen (secondary N) is 1. The van der Waals surface area contributed by atoms with Crippen LogP contribution < -0.4 is 0 Å². The highest BCUT2D eigenvalue weighted by atomic mass is 32.1. The van der Waals surface area contributed by atoms with Crippen LogP contribution in [0.25, 0.3) is 11.2 Å². The molecule has 56 valence electrons. The molecule has 2 rings (SSSR count). The Balaban J connectivity index is 3.08. The molecule has 2 aromatic rings. The molecule has 0 atom stereocenters. The van der Waals surface area contributed by atoms with Crippen molar-refractivity contribution >= 4 is 23.4 Å². The van der Waals surface area contributed by atoms with Gasteiger partial charge in [-0.05, 0) is 0 Å². The molecular weight excluding hydrogens is 164 g/mol. The third-order valence-corrected chi connectivity index (χ3v) is 1.64. The fourth-order valence-corrected chi connectivity index (χ4v) is 1.04. The standard InChI is InChI=1S/C5H4N4OS/c10-9-2-8-5(11)3-4(9)7-1-6-3/h1-2,10H,(H,6,7). The molecular formula is C5H4N4OS. The minimum atomic E-state index is 0.394. The number of imidazole rings is 1. The monoisotopic (exact) mass is 168 g/mol. The summed E-state index contributed by atoms with van der Waals surface area (Å²) in [7, 11) is 0. The number of nitrogens with zero attached hydrogens (tertiary/aromatic N) is 3. The van der Waals surface area contributed by atoms with E-state index < -0.39 is 0 Å². The van der Waals surface area contributed by atoms with Gasteiger partial charge in [-0.3, -0.25) is 0 Å². The van der Waals surface area contributed by atoms with Crippen molar-refractivity contribution in [1.82, 2.24) is 19.7 Å². The van der Waals surface area contributed by atoms with Gasteiger partial charge in [0.25, 0.3) is 0 Å². The first kappa shape index (κ1) is 6.29. The highest BCUT2D eigenvalue weighted by Gasteiger charge is 2.00. The largest absolute Gasteiger partial charge is 0.425 e. The molecule has 0 spiro atoms.